The zero-order valence-corrected chi connectivity index (χ0v) is 10.0. The Balaban J connectivity index is 2.17. The van der Waals surface area contributed by atoms with E-state index in [0.29, 0.717) is 5.41 Å². The number of hydrogen-bond donors (Lipinski definition) is 0. The predicted molar refractivity (Wildman–Crippen MR) is 64.5 cm³/mol. The fourth-order valence-electron chi connectivity index (χ4n) is 1.68. The highest BCUT2D eigenvalue weighted by Gasteiger charge is 2.11. The minimum Gasteiger partial charge on any atom is -0.291 e. The van der Waals surface area contributed by atoms with E-state index in [1.807, 2.05) is 23.0 Å². The lowest BCUT2D eigenvalue weighted by Crippen LogP contribution is -2.09. The number of rotatable bonds is 2. The summed E-state index contributed by atoms with van der Waals surface area (Å²) in [5.74, 6) is 0.912. The molecule has 0 aliphatic heterocycles. The van der Waals surface area contributed by atoms with Crippen LogP contribution >= 0.6 is 0 Å². The molecular weight excluding hydrogens is 198 g/mol. The quantitative estimate of drug-likeness (QED) is 0.771. The highest BCUT2D eigenvalue weighted by molar-refractivity contribution is 5.25. The zero-order valence-electron chi connectivity index (χ0n) is 10.0. The molecule has 0 spiro atoms. The van der Waals surface area contributed by atoms with Gasteiger partial charge in [0.25, 0.3) is 0 Å². The highest BCUT2D eigenvalue weighted by Crippen LogP contribution is 2.20. The molecule has 0 fully saturated rings. The predicted octanol–water partition coefficient (Wildman–Crippen LogP) is 2.86. The lowest BCUT2D eigenvalue weighted by Gasteiger charge is -2.17. The Morgan fingerprint density at radius 1 is 1.25 bits per heavy atom. The van der Waals surface area contributed by atoms with Crippen molar-refractivity contribution >= 4 is 0 Å². The second-order valence-electron chi connectivity index (χ2n) is 5.23. The van der Waals surface area contributed by atoms with Crippen LogP contribution in [0.1, 0.15) is 26.3 Å². The Morgan fingerprint density at radius 3 is 2.56 bits per heavy atom. The SMILES string of the molecule is CC(C)(C)Cc1ccc(-n2ccnc2)nc1. The molecule has 3 nitrogen and oxygen atoms in total. The van der Waals surface area contributed by atoms with Gasteiger partial charge in [0.05, 0.1) is 0 Å². The summed E-state index contributed by atoms with van der Waals surface area (Å²) < 4.78 is 1.90. The number of imidazole rings is 1. The van der Waals surface area contributed by atoms with Gasteiger partial charge in [-0.25, -0.2) is 9.97 Å². The summed E-state index contributed by atoms with van der Waals surface area (Å²) >= 11 is 0. The van der Waals surface area contributed by atoms with E-state index >= 15 is 0 Å². The first kappa shape index (κ1) is 10.9. The van der Waals surface area contributed by atoms with E-state index in [2.05, 4.69) is 36.8 Å². The van der Waals surface area contributed by atoms with Crippen LogP contribution in [0.5, 0.6) is 0 Å². The van der Waals surface area contributed by atoms with Gasteiger partial charge in [0.2, 0.25) is 0 Å². The van der Waals surface area contributed by atoms with E-state index in [1.54, 1.807) is 12.5 Å². The molecule has 0 N–H and O–H groups in total. The van der Waals surface area contributed by atoms with Crippen molar-refractivity contribution in [1.29, 1.82) is 0 Å². The molecule has 3 heteroatoms. The van der Waals surface area contributed by atoms with Crippen LogP contribution in [-0.4, -0.2) is 14.5 Å². The van der Waals surface area contributed by atoms with Gasteiger partial charge in [0.1, 0.15) is 12.1 Å². The molecule has 0 aliphatic carbocycles. The molecule has 0 aromatic carbocycles. The maximum atomic E-state index is 4.43. The molecule has 0 atom stereocenters. The Hall–Kier alpha value is -1.64. The standard InChI is InChI=1S/C13H17N3/c1-13(2,3)8-11-4-5-12(15-9-11)16-7-6-14-10-16/h4-7,9-10H,8H2,1-3H3. The van der Waals surface area contributed by atoms with Crippen molar-refractivity contribution in [2.45, 2.75) is 27.2 Å². The summed E-state index contributed by atoms with van der Waals surface area (Å²) in [4.78, 5) is 8.43. The summed E-state index contributed by atoms with van der Waals surface area (Å²) in [5, 5.41) is 0. The van der Waals surface area contributed by atoms with Crippen molar-refractivity contribution in [2.24, 2.45) is 5.41 Å². The van der Waals surface area contributed by atoms with Crippen LogP contribution in [0, 0.1) is 5.41 Å². The Morgan fingerprint density at radius 2 is 2.06 bits per heavy atom. The third-order valence-electron chi connectivity index (χ3n) is 2.31. The molecular formula is C13H17N3. The molecule has 0 aliphatic rings. The van der Waals surface area contributed by atoms with Crippen molar-refractivity contribution in [3.05, 3.63) is 42.6 Å². The van der Waals surface area contributed by atoms with Crippen molar-refractivity contribution < 1.29 is 0 Å². The Bertz CT molecular complexity index is 435. The maximum absolute atomic E-state index is 4.43. The maximum Gasteiger partial charge on any atom is 0.137 e. The monoisotopic (exact) mass is 215 g/mol. The van der Waals surface area contributed by atoms with E-state index < -0.39 is 0 Å². The zero-order chi connectivity index (χ0) is 11.6. The fourth-order valence-corrected chi connectivity index (χ4v) is 1.68. The first-order chi connectivity index (χ1) is 7.54. The molecule has 2 aromatic rings. The average molecular weight is 215 g/mol. The number of hydrogen-bond acceptors (Lipinski definition) is 2. The van der Waals surface area contributed by atoms with Crippen molar-refractivity contribution in [2.75, 3.05) is 0 Å². The van der Waals surface area contributed by atoms with Crippen LogP contribution in [-0.2, 0) is 6.42 Å². The van der Waals surface area contributed by atoms with Gasteiger partial charge in [-0.2, -0.15) is 0 Å². The lowest BCUT2D eigenvalue weighted by molar-refractivity contribution is 0.410. The van der Waals surface area contributed by atoms with Gasteiger partial charge in [-0.15, -0.1) is 0 Å². The molecule has 0 radical (unpaired) electrons. The number of pyridine rings is 1. The molecule has 2 rings (SSSR count). The molecule has 84 valence electrons. The summed E-state index contributed by atoms with van der Waals surface area (Å²) in [6.45, 7) is 6.70. The second kappa shape index (κ2) is 4.08. The minimum atomic E-state index is 0.304. The van der Waals surface area contributed by atoms with Gasteiger partial charge < -0.3 is 0 Å². The normalized spacial score (nSPS) is 11.7. The van der Waals surface area contributed by atoms with Crippen LogP contribution in [0.25, 0.3) is 5.82 Å². The molecule has 0 saturated carbocycles. The smallest absolute Gasteiger partial charge is 0.137 e. The second-order valence-corrected chi connectivity index (χ2v) is 5.23. The largest absolute Gasteiger partial charge is 0.291 e. The van der Waals surface area contributed by atoms with E-state index in [9.17, 15) is 0 Å². The molecule has 16 heavy (non-hydrogen) atoms. The Kier molecular flexibility index (Phi) is 2.77. The summed E-state index contributed by atoms with van der Waals surface area (Å²) in [6, 6.07) is 4.16. The molecule has 0 amide bonds. The third kappa shape index (κ3) is 2.69. The molecule has 0 unspecified atom stereocenters. The van der Waals surface area contributed by atoms with Crippen molar-refractivity contribution in [1.82, 2.24) is 14.5 Å². The first-order valence-electron chi connectivity index (χ1n) is 5.48. The molecule has 0 saturated heterocycles. The van der Waals surface area contributed by atoms with E-state index in [0.717, 1.165) is 12.2 Å². The summed E-state index contributed by atoms with van der Waals surface area (Å²) in [7, 11) is 0. The Labute approximate surface area is 96.2 Å². The fraction of sp³-hybridized carbons (Fsp3) is 0.385. The topological polar surface area (TPSA) is 30.7 Å². The van der Waals surface area contributed by atoms with E-state index in [-0.39, 0.29) is 0 Å². The van der Waals surface area contributed by atoms with Crippen molar-refractivity contribution in [3.63, 3.8) is 0 Å². The van der Waals surface area contributed by atoms with Crippen LogP contribution in [0.4, 0.5) is 0 Å². The van der Waals surface area contributed by atoms with Gasteiger partial charge in [0, 0.05) is 18.6 Å². The van der Waals surface area contributed by atoms with Gasteiger partial charge in [0.15, 0.2) is 0 Å². The van der Waals surface area contributed by atoms with Gasteiger partial charge in [-0.05, 0) is 23.5 Å². The van der Waals surface area contributed by atoms with Crippen molar-refractivity contribution in [3.8, 4) is 5.82 Å². The number of nitrogens with zero attached hydrogens (tertiary/aromatic N) is 3. The number of aromatic nitrogens is 3. The van der Waals surface area contributed by atoms with E-state index in [4.69, 9.17) is 0 Å². The van der Waals surface area contributed by atoms with Gasteiger partial charge in [-0.3, -0.25) is 4.57 Å². The summed E-state index contributed by atoms with van der Waals surface area (Å²) in [5.41, 5.74) is 1.58. The first-order valence-corrected chi connectivity index (χ1v) is 5.48. The van der Waals surface area contributed by atoms with Gasteiger partial charge >= 0.3 is 0 Å². The third-order valence-corrected chi connectivity index (χ3v) is 2.31. The van der Waals surface area contributed by atoms with Crippen LogP contribution in [0.2, 0.25) is 0 Å². The van der Waals surface area contributed by atoms with E-state index in [1.165, 1.54) is 5.56 Å². The molecule has 2 aromatic heterocycles. The molecule has 2 heterocycles. The summed E-state index contributed by atoms with van der Waals surface area (Å²) in [6.07, 6.45) is 8.40. The average Bonchev–Trinajstić information content (AvgIpc) is 2.69. The van der Waals surface area contributed by atoms with Crippen LogP contribution in [0.15, 0.2) is 37.1 Å². The lowest BCUT2D eigenvalue weighted by atomic mass is 9.89. The molecule has 0 bridgehead atoms. The van der Waals surface area contributed by atoms with Crippen LogP contribution in [0.3, 0.4) is 0 Å². The highest BCUT2D eigenvalue weighted by atomic mass is 15.1. The van der Waals surface area contributed by atoms with Gasteiger partial charge in [-0.1, -0.05) is 26.8 Å². The minimum absolute atomic E-state index is 0.304. The van der Waals surface area contributed by atoms with Crippen LogP contribution < -0.4 is 0 Å².